The summed E-state index contributed by atoms with van der Waals surface area (Å²) in [5.41, 5.74) is 2.22. The number of rotatable bonds is 4. The van der Waals surface area contributed by atoms with E-state index in [1.54, 1.807) is 10.6 Å². The number of aryl methyl sites for hydroxylation is 1. The Morgan fingerprint density at radius 3 is 2.83 bits per heavy atom. The zero-order chi connectivity index (χ0) is 17.3. The zero-order valence-corrected chi connectivity index (χ0v) is 13.3. The number of carbonyl (C=O) groups is 1. The van der Waals surface area contributed by atoms with Gasteiger partial charge in [0, 0.05) is 6.20 Å². The van der Waals surface area contributed by atoms with Crippen LogP contribution in [0.25, 0.3) is 5.65 Å². The number of fused-ring (bicyclic) bond motifs is 1. The number of azo groups is 1. The van der Waals surface area contributed by atoms with Crippen LogP contribution >= 0.6 is 11.6 Å². The molecule has 0 saturated carbocycles. The third-order valence-corrected chi connectivity index (χ3v) is 3.60. The van der Waals surface area contributed by atoms with Crippen molar-refractivity contribution in [2.75, 3.05) is 0 Å². The van der Waals surface area contributed by atoms with Gasteiger partial charge >= 0.3 is 5.97 Å². The van der Waals surface area contributed by atoms with Crippen LogP contribution in [0.5, 0.6) is 0 Å². The summed E-state index contributed by atoms with van der Waals surface area (Å²) < 4.78 is 14.8. The highest BCUT2D eigenvalue weighted by molar-refractivity contribution is 6.30. The minimum absolute atomic E-state index is 0.0639. The summed E-state index contributed by atoms with van der Waals surface area (Å²) in [4.78, 5) is 15.3. The fourth-order valence-corrected chi connectivity index (χ4v) is 2.38. The first-order valence-corrected chi connectivity index (χ1v) is 7.38. The molecule has 2 aromatic heterocycles. The maximum atomic E-state index is 13.2. The largest absolute Gasteiger partial charge is 0.481 e. The normalized spacial score (nSPS) is 11.5. The van der Waals surface area contributed by atoms with Gasteiger partial charge < -0.3 is 5.11 Å². The van der Waals surface area contributed by atoms with Crippen LogP contribution in [0.15, 0.2) is 46.8 Å². The van der Waals surface area contributed by atoms with Gasteiger partial charge in [-0.25, -0.2) is 9.37 Å². The smallest absolute Gasteiger partial charge is 0.309 e. The third-order valence-electron chi connectivity index (χ3n) is 3.31. The van der Waals surface area contributed by atoms with Crippen LogP contribution in [-0.4, -0.2) is 20.5 Å². The molecular weight excluding hydrogens is 335 g/mol. The quantitative estimate of drug-likeness (QED) is 0.707. The van der Waals surface area contributed by atoms with Gasteiger partial charge in [-0.2, -0.15) is 0 Å². The maximum absolute atomic E-state index is 13.2. The lowest BCUT2D eigenvalue weighted by Gasteiger charge is -1.99. The number of hydrogen-bond donors (Lipinski definition) is 1. The van der Waals surface area contributed by atoms with Crippen molar-refractivity contribution in [3.63, 3.8) is 0 Å². The standard InChI is InChI=1S/C16H12ClFN4O2/c1-9-4-5-22-14(6-9)19-13(8-15(23)24)16(22)21-20-10-2-3-12(18)11(17)7-10/h2-7H,8H2,1H3,(H,23,24). The molecule has 0 saturated heterocycles. The molecule has 3 rings (SSSR count). The van der Waals surface area contributed by atoms with E-state index in [-0.39, 0.29) is 11.4 Å². The van der Waals surface area contributed by atoms with Gasteiger partial charge in [0.05, 0.1) is 22.8 Å². The molecule has 0 fully saturated rings. The van der Waals surface area contributed by atoms with Crippen LogP contribution in [0, 0.1) is 12.7 Å². The fourth-order valence-electron chi connectivity index (χ4n) is 2.20. The minimum Gasteiger partial charge on any atom is -0.481 e. The molecule has 8 heteroatoms. The van der Waals surface area contributed by atoms with Gasteiger partial charge in [0.25, 0.3) is 0 Å². The molecule has 0 amide bonds. The van der Waals surface area contributed by atoms with Gasteiger partial charge in [-0.3, -0.25) is 9.20 Å². The first kappa shape index (κ1) is 16.1. The van der Waals surface area contributed by atoms with Crippen molar-refractivity contribution < 1.29 is 14.3 Å². The van der Waals surface area contributed by atoms with E-state index >= 15 is 0 Å². The summed E-state index contributed by atoms with van der Waals surface area (Å²) in [6.07, 6.45) is 1.47. The van der Waals surface area contributed by atoms with Crippen LogP contribution < -0.4 is 0 Å². The Kier molecular flexibility index (Phi) is 4.26. The Morgan fingerprint density at radius 1 is 1.33 bits per heavy atom. The number of carboxylic acids is 1. The number of aliphatic carboxylic acids is 1. The minimum atomic E-state index is -1.02. The second kappa shape index (κ2) is 6.37. The van der Waals surface area contributed by atoms with E-state index in [1.807, 2.05) is 19.1 Å². The fraction of sp³-hybridized carbons (Fsp3) is 0.125. The summed E-state index contributed by atoms with van der Waals surface area (Å²) >= 11 is 5.72. The van der Waals surface area contributed by atoms with E-state index in [4.69, 9.17) is 16.7 Å². The third kappa shape index (κ3) is 3.26. The van der Waals surface area contributed by atoms with E-state index < -0.39 is 11.8 Å². The topological polar surface area (TPSA) is 79.3 Å². The molecule has 0 spiro atoms. The Morgan fingerprint density at radius 2 is 2.12 bits per heavy atom. The van der Waals surface area contributed by atoms with Crippen molar-refractivity contribution in [2.24, 2.45) is 10.2 Å². The SMILES string of the molecule is Cc1ccn2c(N=Nc3ccc(F)c(Cl)c3)c(CC(=O)O)nc2c1. The van der Waals surface area contributed by atoms with Crippen molar-refractivity contribution in [1.29, 1.82) is 0 Å². The first-order valence-electron chi connectivity index (χ1n) is 7.00. The summed E-state index contributed by atoms with van der Waals surface area (Å²) in [7, 11) is 0. The number of aromatic nitrogens is 2. The highest BCUT2D eigenvalue weighted by atomic mass is 35.5. The van der Waals surface area contributed by atoms with E-state index in [0.29, 0.717) is 22.8 Å². The van der Waals surface area contributed by atoms with Crippen LogP contribution in [0.4, 0.5) is 15.9 Å². The lowest BCUT2D eigenvalue weighted by molar-refractivity contribution is -0.136. The van der Waals surface area contributed by atoms with Gasteiger partial charge in [-0.05, 0) is 42.8 Å². The van der Waals surface area contributed by atoms with E-state index in [0.717, 1.165) is 5.56 Å². The molecule has 0 atom stereocenters. The van der Waals surface area contributed by atoms with E-state index in [1.165, 1.54) is 18.2 Å². The predicted molar refractivity (Wildman–Crippen MR) is 86.9 cm³/mol. The Bertz CT molecular complexity index is 968. The molecule has 1 aromatic carbocycles. The molecule has 0 radical (unpaired) electrons. The molecule has 0 bridgehead atoms. The second-order valence-electron chi connectivity index (χ2n) is 5.18. The molecule has 0 aliphatic heterocycles. The number of pyridine rings is 1. The molecule has 24 heavy (non-hydrogen) atoms. The molecular formula is C16H12ClFN4O2. The summed E-state index contributed by atoms with van der Waals surface area (Å²) in [6, 6.07) is 7.62. The van der Waals surface area contributed by atoms with Crippen molar-refractivity contribution in [3.05, 3.63) is 58.6 Å². The molecule has 1 N–H and O–H groups in total. The number of hydrogen-bond acceptors (Lipinski definition) is 4. The maximum Gasteiger partial charge on any atom is 0.309 e. The molecule has 6 nitrogen and oxygen atoms in total. The van der Waals surface area contributed by atoms with Gasteiger partial charge in [0.2, 0.25) is 0 Å². The Hall–Kier alpha value is -2.80. The predicted octanol–water partition coefficient (Wildman–Crippen LogP) is 4.48. The first-order chi connectivity index (χ1) is 11.4. The van der Waals surface area contributed by atoms with Crippen molar-refractivity contribution in [1.82, 2.24) is 9.38 Å². The summed E-state index contributed by atoms with van der Waals surface area (Å²) in [5.74, 6) is -1.25. The molecule has 0 aliphatic carbocycles. The van der Waals surface area contributed by atoms with Crippen LogP contribution in [0.2, 0.25) is 5.02 Å². The molecule has 0 aliphatic rings. The van der Waals surface area contributed by atoms with Crippen molar-refractivity contribution >= 4 is 34.7 Å². The van der Waals surface area contributed by atoms with E-state index in [2.05, 4.69) is 15.2 Å². The van der Waals surface area contributed by atoms with Gasteiger partial charge in [-0.15, -0.1) is 10.2 Å². The van der Waals surface area contributed by atoms with Crippen molar-refractivity contribution in [2.45, 2.75) is 13.3 Å². The van der Waals surface area contributed by atoms with Crippen LogP contribution in [-0.2, 0) is 11.2 Å². The highest BCUT2D eigenvalue weighted by Crippen LogP contribution is 2.27. The lowest BCUT2D eigenvalue weighted by Crippen LogP contribution is -2.00. The monoisotopic (exact) mass is 346 g/mol. The van der Waals surface area contributed by atoms with Crippen LogP contribution in [0.1, 0.15) is 11.3 Å². The number of carboxylic acid groups (broad SMARTS) is 1. The van der Waals surface area contributed by atoms with Crippen molar-refractivity contribution in [3.8, 4) is 0 Å². The number of nitrogens with zero attached hydrogens (tertiary/aromatic N) is 4. The Labute approximate surface area is 141 Å². The number of halogens is 2. The average Bonchev–Trinajstić information content (AvgIpc) is 2.84. The zero-order valence-electron chi connectivity index (χ0n) is 12.6. The van der Waals surface area contributed by atoms with E-state index in [9.17, 15) is 9.18 Å². The second-order valence-corrected chi connectivity index (χ2v) is 5.59. The number of benzene rings is 1. The molecule has 3 aromatic rings. The number of imidazole rings is 1. The Balaban J connectivity index is 2.07. The lowest BCUT2D eigenvalue weighted by atomic mass is 10.3. The van der Waals surface area contributed by atoms with Crippen LogP contribution in [0.3, 0.4) is 0 Å². The summed E-state index contributed by atoms with van der Waals surface area (Å²) in [6.45, 7) is 1.91. The van der Waals surface area contributed by atoms with Gasteiger partial charge in [0.1, 0.15) is 11.5 Å². The average molecular weight is 347 g/mol. The molecule has 0 unspecified atom stereocenters. The molecule has 122 valence electrons. The highest BCUT2D eigenvalue weighted by Gasteiger charge is 2.15. The van der Waals surface area contributed by atoms with Gasteiger partial charge in [0.15, 0.2) is 5.82 Å². The molecule has 2 heterocycles. The summed E-state index contributed by atoms with van der Waals surface area (Å²) in [5, 5.41) is 17.1. The van der Waals surface area contributed by atoms with Gasteiger partial charge in [-0.1, -0.05) is 11.6 Å².